The molecule has 1 aliphatic rings. The fraction of sp³-hybridized carbons (Fsp3) is 0.429. The average molecular weight is 384 g/mol. The minimum Gasteiger partial charge on any atom is -0.459 e. The van der Waals surface area contributed by atoms with Gasteiger partial charge >= 0.3 is 0 Å². The van der Waals surface area contributed by atoms with Gasteiger partial charge in [0.2, 0.25) is 5.91 Å². The number of carbonyl (C=O) groups excluding carboxylic acids is 2. The summed E-state index contributed by atoms with van der Waals surface area (Å²) in [4.78, 5) is 32.6. The molecule has 0 spiro atoms. The first-order valence-electron chi connectivity index (χ1n) is 9.49. The summed E-state index contributed by atoms with van der Waals surface area (Å²) in [5, 5.41) is 0. The fourth-order valence-electron chi connectivity index (χ4n) is 3.24. The average Bonchev–Trinajstić information content (AvgIpc) is 3.23. The van der Waals surface area contributed by atoms with Gasteiger partial charge in [-0.3, -0.25) is 14.5 Å². The Morgan fingerprint density at radius 2 is 1.68 bits per heavy atom. The van der Waals surface area contributed by atoms with Gasteiger partial charge in [0.1, 0.15) is 0 Å². The van der Waals surface area contributed by atoms with Crippen LogP contribution in [0.25, 0.3) is 0 Å². The number of anilines is 1. The molecule has 0 N–H and O–H groups in total. The smallest absolute Gasteiger partial charge is 0.289 e. The summed E-state index contributed by atoms with van der Waals surface area (Å²) >= 11 is 0. The summed E-state index contributed by atoms with van der Waals surface area (Å²) in [5.41, 5.74) is 2.25. The van der Waals surface area contributed by atoms with Crippen LogP contribution in [0.1, 0.15) is 16.1 Å². The van der Waals surface area contributed by atoms with Crippen LogP contribution in [0, 0.1) is 0 Å². The second-order valence-electron chi connectivity index (χ2n) is 7.36. The number of amides is 2. The molecule has 0 saturated carbocycles. The first-order chi connectivity index (χ1) is 13.4. The van der Waals surface area contributed by atoms with E-state index in [0.717, 1.165) is 11.3 Å². The van der Waals surface area contributed by atoms with E-state index in [1.54, 1.807) is 21.9 Å². The number of rotatable bonds is 6. The molecule has 0 bridgehead atoms. The van der Waals surface area contributed by atoms with Crippen LogP contribution >= 0.6 is 0 Å². The Morgan fingerprint density at radius 1 is 1.00 bits per heavy atom. The van der Waals surface area contributed by atoms with Crippen molar-refractivity contribution in [1.82, 2.24) is 14.7 Å². The third-order valence-corrected chi connectivity index (χ3v) is 5.05. The summed E-state index contributed by atoms with van der Waals surface area (Å²) < 4.78 is 5.18. The van der Waals surface area contributed by atoms with E-state index in [1.807, 2.05) is 21.1 Å². The lowest BCUT2D eigenvalue weighted by molar-refractivity contribution is -0.132. The monoisotopic (exact) mass is 384 g/mol. The number of likely N-dealkylation sites (N-methyl/N-ethyl adjacent to an activating group) is 1. The minimum absolute atomic E-state index is 0.0856. The lowest BCUT2D eigenvalue weighted by Crippen LogP contribution is -2.51. The molecule has 2 heterocycles. The van der Waals surface area contributed by atoms with E-state index in [2.05, 4.69) is 34.1 Å². The minimum atomic E-state index is -0.0886. The van der Waals surface area contributed by atoms with Crippen LogP contribution < -0.4 is 4.90 Å². The topological polar surface area (TPSA) is 60.2 Å². The Bertz CT molecular complexity index is 778. The fourth-order valence-corrected chi connectivity index (χ4v) is 3.24. The van der Waals surface area contributed by atoms with Gasteiger partial charge in [0.05, 0.1) is 12.8 Å². The summed E-state index contributed by atoms with van der Waals surface area (Å²) in [7, 11) is 5.85. The van der Waals surface area contributed by atoms with Gasteiger partial charge in [-0.1, -0.05) is 12.1 Å². The third kappa shape index (κ3) is 4.92. The molecular weight excluding hydrogens is 356 g/mol. The highest BCUT2D eigenvalue weighted by Crippen LogP contribution is 2.14. The number of benzene rings is 1. The molecule has 2 amide bonds. The summed E-state index contributed by atoms with van der Waals surface area (Å²) in [6.07, 6.45) is 1.51. The Balaban J connectivity index is 1.45. The van der Waals surface area contributed by atoms with Crippen LogP contribution in [0.2, 0.25) is 0 Å². The molecule has 150 valence electrons. The second-order valence-corrected chi connectivity index (χ2v) is 7.36. The van der Waals surface area contributed by atoms with Crippen molar-refractivity contribution in [1.29, 1.82) is 0 Å². The zero-order chi connectivity index (χ0) is 20.1. The Morgan fingerprint density at radius 3 is 2.25 bits per heavy atom. The van der Waals surface area contributed by atoms with E-state index in [-0.39, 0.29) is 11.8 Å². The SMILES string of the molecule is CN(Cc1ccc(N(C)C)cc1)C(=O)CN1CCN(C(=O)c2ccco2)CC1. The van der Waals surface area contributed by atoms with Crippen molar-refractivity contribution in [2.75, 3.05) is 58.8 Å². The lowest BCUT2D eigenvalue weighted by atomic mass is 10.2. The highest BCUT2D eigenvalue weighted by atomic mass is 16.3. The predicted molar refractivity (Wildman–Crippen MR) is 108 cm³/mol. The number of hydrogen-bond donors (Lipinski definition) is 0. The zero-order valence-electron chi connectivity index (χ0n) is 16.8. The van der Waals surface area contributed by atoms with E-state index < -0.39 is 0 Å². The molecule has 2 aromatic rings. The molecule has 0 aliphatic carbocycles. The molecule has 1 aromatic heterocycles. The van der Waals surface area contributed by atoms with E-state index >= 15 is 0 Å². The van der Waals surface area contributed by atoms with Gasteiger partial charge < -0.3 is 19.1 Å². The number of furan rings is 1. The first-order valence-corrected chi connectivity index (χ1v) is 9.49. The molecule has 0 atom stereocenters. The Kier molecular flexibility index (Phi) is 6.36. The van der Waals surface area contributed by atoms with Gasteiger partial charge in [-0.05, 0) is 29.8 Å². The van der Waals surface area contributed by atoms with Gasteiger partial charge in [0.25, 0.3) is 5.91 Å². The van der Waals surface area contributed by atoms with Gasteiger partial charge in [-0.2, -0.15) is 0 Å². The molecule has 28 heavy (non-hydrogen) atoms. The molecule has 1 aromatic carbocycles. The standard InChI is InChI=1S/C21H28N4O3/c1-22(2)18-8-6-17(7-9-18)15-23(3)20(26)16-24-10-12-25(13-11-24)21(27)19-5-4-14-28-19/h4-9,14H,10-13,15-16H2,1-3H3. The number of nitrogens with zero attached hydrogens (tertiary/aromatic N) is 4. The molecule has 7 nitrogen and oxygen atoms in total. The van der Waals surface area contributed by atoms with Crippen LogP contribution in [-0.4, -0.2) is 80.4 Å². The van der Waals surface area contributed by atoms with Crippen molar-refractivity contribution in [3.8, 4) is 0 Å². The van der Waals surface area contributed by atoms with Crippen LogP contribution in [0.4, 0.5) is 5.69 Å². The van der Waals surface area contributed by atoms with E-state index in [9.17, 15) is 9.59 Å². The highest BCUT2D eigenvalue weighted by Gasteiger charge is 2.25. The molecule has 0 unspecified atom stereocenters. The van der Waals surface area contributed by atoms with Crippen molar-refractivity contribution in [3.63, 3.8) is 0 Å². The Hall–Kier alpha value is -2.80. The maximum Gasteiger partial charge on any atom is 0.289 e. The number of hydrogen-bond acceptors (Lipinski definition) is 5. The molecule has 1 saturated heterocycles. The maximum absolute atomic E-state index is 12.6. The van der Waals surface area contributed by atoms with Crippen LogP contribution in [0.15, 0.2) is 47.1 Å². The molecule has 1 fully saturated rings. The first kappa shape index (κ1) is 19.9. The lowest BCUT2D eigenvalue weighted by Gasteiger charge is -2.34. The van der Waals surface area contributed by atoms with Crippen molar-refractivity contribution in [2.24, 2.45) is 0 Å². The number of carbonyl (C=O) groups is 2. The molecule has 0 radical (unpaired) electrons. The zero-order valence-corrected chi connectivity index (χ0v) is 16.8. The van der Waals surface area contributed by atoms with Gasteiger partial charge in [0.15, 0.2) is 5.76 Å². The van der Waals surface area contributed by atoms with Crippen LogP contribution in [-0.2, 0) is 11.3 Å². The largest absolute Gasteiger partial charge is 0.459 e. The second kappa shape index (κ2) is 8.93. The summed E-state index contributed by atoms with van der Waals surface area (Å²) in [6, 6.07) is 11.6. The molecular formula is C21H28N4O3. The quantitative estimate of drug-likeness (QED) is 0.760. The third-order valence-electron chi connectivity index (χ3n) is 5.05. The molecule has 3 rings (SSSR count). The molecule has 7 heteroatoms. The van der Waals surface area contributed by atoms with Crippen molar-refractivity contribution in [2.45, 2.75) is 6.54 Å². The predicted octanol–water partition coefficient (Wildman–Crippen LogP) is 1.76. The van der Waals surface area contributed by atoms with Crippen molar-refractivity contribution < 1.29 is 14.0 Å². The van der Waals surface area contributed by atoms with Crippen molar-refractivity contribution >= 4 is 17.5 Å². The number of piperazine rings is 1. The summed E-state index contributed by atoms with van der Waals surface area (Å²) in [6.45, 7) is 3.52. The Labute approximate surface area is 166 Å². The van der Waals surface area contributed by atoms with E-state index in [4.69, 9.17) is 4.42 Å². The maximum atomic E-state index is 12.6. The normalized spacial score (nSPS) is 14.8. The van der Waals surface area contributed by atoms with Crippen LogP contribution in [0.3, 0.4) is 0 Å². The van der Waals surface area contributed by atoms with E-state index in [1.165, 1.54) is 6.26 Å². The van der Waals surface area contributed by atoms with Gasteiger partial charge in [-0.25, -0.2) is 0 Å². The molecule has 1 aliphatic heterocycles. The highest BCUT2D eigenvalue weighted by molar-refractivity contribution is 5.91. The van der Waals surface area contributed by atoms with Gasteiger partial charge in [-0.15, -0.1) is 0 Å². The van der Waals surface area contributed by atoms with Gasteiger partial charge in [0, 0.05) is 59.6 Å². The summed E-state index contributed by atoms with van der Waals surface area (Å²) in [5.74, 6) is 0.362. The van der Waals surface area contributed by atoms with E-state index in [0.29, 0.717) is 45.0 Å². The van der Waals surface area contributed by atoms with Crippen LogP contribution in [0.5, 0.6) is 0 Å². The van der Waals surface area contributed by atoms with Crippen molar-refractivity contribution in [3.05, 3.63) is 54.0 Å².